The number of hydrogen-bond acceptors (Lipinski definition) is 1. The number of aromatic hydroxyl groups is 1. The standard InChI is InChI=1S/C7H7BrO.C2H6/c1-5-4-6(8)2-3-7(5)9;1-2/h2-4,9H,1H3;1-2H3. The predicted molar refractivity (Wildman–Crippen MR) is 51.9 cm³/mol. The van der Waals surface area contributed by atoms with Gasteiger partial charge in [0, 0.05) is 4.47 Å². The first-order valence-electron chi connectivity index (χ1n) is 3.65. The van der Waals surface area contributed by atoms with E-state index in [1.54, 1.807) is 6.07 Å². The van der Waals surface area contributed by atoms with E-state index in [2.05, 4.69) is 15.9 Å². The van der Waals surface area contributed by atoms with Crippen molar-refractivity contribution in [1.82, 2.24) is 0 Å². The average Bonchev–Trinajstić information content (AvgIpc) is 2.02. The maximum Gasteiger partial charge on any atom is 0.118 e. The summed E-state index contributed by atoms with van der Waals surface area (Å²) in [5.41, 5.74) is 0.893. The van der Waals surface area contributed by atoms with Gasteiger partial charge >= 0.3 is 0 Å². The first-order chi connectivity index (χ1) is 5.20. The second kappa shape index (κ2) is 5.19. The average molecular weight is 217 g/mol. The summed E-state index contributed by atoms with van der Waals surface area (Å²) in [7, 11) is 0. The number of hydrogen-bond donors (Lipinski definition) is 1. The fourth-order valence-electron chi connectivity index (χ4n) is 0.619. The highest BCUT2D eigenvalue weighted by molar-refractivity contribution is 9.10. The lowest BCUT2D eigenvalue weighted by Gasteiger charge is -1.96. The Kier molecular flexibility index (Phi) is 4.95. The van der Waals surface area contributed by atoms with Gasteiger partial charge in [-0.3, -0.25) is 0 Å². The SMILES string of the molecule is CC.Cc1cc(Br)ccc1O. The Hall–Kier alpha value is -0.500. The largest absolute Gasteiger partial charge is 0.508 e. The van der Waals surface area contributed by atoms with Gasteiger partial charge in [-0.25, -0.2) is 0 Å². The fourth-order valence-corrected chi connectivity index (χ4v) is 1.09. The number of benzene rings is 1. The lowest BCUT2D eigenvalue weighted by Crippen LogP contribution is -1.72. The summed E-state index contributed by atoms with van der Waals surface area (Å²) in [4.78, 5) is 0. The van der Waals surface area contributed by atoms with Gasteiger partial charge in [0.05, 0.1) is 0 Å². The second-order valence-corrected chi connectivity index (χ2v) is 2.85. The Morgan fingerprint density at radius 1 is 1.27 bits per heavy atom. The molecular weight excluding hydrogens is 204 g/mol. The first kappa shape index (κ1) is 10.5. The van der Waals surface area contributed by atoms with Crippen LogP contribution in [0.4, 0.5) is 0 Å². The van der Waals surface area contributed by atoms with Gasteiger partial charge in [-0.2, -0.15) is 0 Å². The quantitative estimate of drug-likeness (QED) is 0.705. The van der Waals surface area contributed by atoms with Gasteiger partial charge in [0.2, 0.25) is 0 Å². The summed E-state index contributed by atoms with van der Waals surface area (Å²) in [5, 5.41) is 9.02. The van der Waals surface area contributed by atoms with Gasteiger partial charge in [0.15, 0.2) is 0 Å². The molecule has 0 amide bonds. The van der Waals surface area contributed by atoms with E-state index in [1.807, 2.05) is 32.9 Å². The summed E-state index contributed by atoms with van der Waals surface area (Å²) in [6.45, 7) is 5.86. The lowest BCUT2D eigenvalue weighted by molar-refractivity contribution is 0.471. The third-order valence-electron chi connectivity index (χ3n) is 1.16. The van der Waals surface area contributed by atoms with Crippen molar-refractivity contribution >= 4 is 15.9 Å². The number of phenolic OH excluding ortho intramolecular Hbond substituents is 1. The third-order valence-corrected chi connectivity index (χ3v) is 1.65. The molecule has 0 aromatic heterocycles. The Balaban J connectivity index is 0.000000461. The van der Waals surface area contributed by atoms with E-state index in [1.165, 1.54) is 0 Å². The number of rotatable bonds is 0. The van der Waals surface area contributed by atoms with E-state index in [0.717, 1.165) is 10.0 Å². The van der Waals surface area contributed by atoms with Crippen molar-refractivity contribution in [2.24, 2.45) is 0 Å². The van der Waals surface area contributed by atoms with E-state index >= 15 is 0 Å². The van der Waals surface area contributed by atoms with Crippen molar-refractivity contribution in [2.45, 2.75) is 20.8 Å². The molecule has 2 heteroatoms. The van der Waals surface area contributed by atoms with E-state index in [-0.39, 0.29) is 0 Å². The summed E-state index contributed by atoms with van der Waals surface area (Å²) in [6.07, 6.45) is 0. The molecule has 0 atom stereocenters. The number of phenols is 1. The van der Waals surface area contributed by atoms with Crippen LogP contribution in [0.1, 0.15) is 19.4 Å². The second-order valence-electron chi connectivity index (χ2n) is 1.93. The molecule has 0 unspecified atom stereocenters. The van der Waals surface area contributed by atoms with Crippen LogP contribution in [-0.4, -0.2) is 5.11 Å². The summed E-state index contributed by atoms with van der Waals surface area (Å²) in [5.74, 6) is 0.346. The maximum absolute atomic E-state index is 9.02. The van der Waals surface area contributed by atoms with Crippen LogP contribution in [0.5, 0.6) is 5.75 Å². The molecule has 11 heavy (non-hydrogen) atoms. The molecule has 1 N–H and O–H groups in total. The Bertz CT molecular complexity index is 221. The minimum absolute atomic E-state index is 0.346. The third kappa shape index (κ3) is 3.42. The molecule has 0 aliphatic carbocycles. The molecular formula is C9H13BrO. The molecule has 1 nitrogen and oxygen atoms in total. The highest BCUT2D eigenvalue weighted by Gasteiger charge is 1.92. The molecule has 0 heterocycles. The van der Waals surface area contributed by atoms with Crippen molar-refractivity contribution in [3.05, 3.63) is 28.2 Å². The molecule has 0 fully saturated rings. The molecule has 0 aliphatic heterocycles. The zero-order valence-corrected chi connectivity index (χ0v) is 8.64. The smallest absolute Gasteiger partial charge is 0.118 e. The van der Waals surface area contributed by atoms with E-state index in [4.69, 9.17) is 5.11 Å². The van der Waals surface area contributed by atoms with Crippen LogP contribution in [0.3, 0.4) is 0 Å². The molecule has 0 aliphatic rings. The van der Waals surface area contributed by atoms with E-state index in [0.29, 0.717) is 5.75 Å². The van der Waals surface area contributed by atoms with E-state index < -0.39 is 0 Å². The summed E-state index contributed by atoms with van der Waals surface area (Å²) in [6, 6.07) is 5.34. The van der Waals surface area contributed by atoms with Gasteiger partial charge in [-0.15, -0.1) is 0 Å². The zero-order chi connectivity index (χ0) is 8.85. The molecule has 1 rings (SSSR count). The number of halogens is 1. The first-order valence-corrected chi connectivity index (χ1v) is 4.44. The molecule has 0 saturated heterocycles. The Morgan fingerprint density at radius 3 is 2.18 bits per heavy atom. The molecule has 0 saturated carbocycles. The maximum atomic E-state index is 9.02. The minimum atomic E-state index is 0.346. The zero-order valence-electron chi connectivity index (χ0n) is 7.06. The number of aryl methyl sites for hydroxylation is 1. The monoisotopic (exact) mass is 216 g/mol. The van der Waals surface area contributed by atoms with Gasteiger partial charge in [0.1, 0.15) is 5.75 Å². The lowest BCUT2D eigenvalue weighted by atomic mass is 10.2. The molecule has 62 valence electrons. The van der Waals surface area contributed by atoms with Crippen molar-refractivity contribution in [2.75, 3.05) is 0 Å². The van der Waals surface area contributed by atoms with Gasteiger partial charge in [-0.05, 0) is 30.7 Å². The van der Waals surface area contributed by atoms with Gasteiger partial charge < -0.3 is 5.11 Å². The topological polar surface area (TPSA) is 20.2 Å². The summed E-state index contributed by atoms with van der Waals surface area (Å²) >= 11 is 3.29. The molecule has 1 aromatic carbocycles. The van der Waals surface area contributed by atoms with Crippen LogP contribution in [-0.2, 0) is 0 Å². The van der Waals surface area contributed by atoms with Crippen LogP contribution in [0.25, 0.3) is 0 Å². The van der Waals surface area contributed by atoms with Crippen molar-refractivity contribution < 1.29 is 5.11 Å². The molecule has 0 bridgehead atoms. The highest BCUT2D eigenvalue weighted by Crippen LogP contribution is 2.19. The Morgan fingerprint density at radius 2 is 1.82 bits per heavy atom. The molecule has 0 radical (unpaired) electrons. The van der Waals surface area contributed by atoms with Crippen molar-refractivity contribution in [3.63, 3.8) is 0 Å². The van der Waals surface area contributed by atoms with Crippen LogP contribution in [0.15, 0.2) is 22.7 Å². The predicted octanol–water partition coefficient (Wildman–Crippen LogP) is 3.49. The van der Waals surface area contributed by atoms with Gasteiger partial charge in [-0.1, -0.05) is 29.8 Å². The van der Waals surface area contributed by atoms with Crippen LogP contribution < -0.4 is 0 Å². The van der Waals surface area contributed by atoms with Crippen LogP contribution >= 0.6 is 15.9 Å². The Labute approximate surface area is 76.2 Å². The van der Waals surface area contributed by atoms with Crippen LogP contribution in [0, 0.1) is 6.92 Å². The molecule has 0 spiro atoms. The fraction of sp³-hybridized carbons (Fsp3) is 0.333. The van der Waals surface area contributed by atoms with Crippen molar-refractivity contribution in [3.8, 4) is 5.75 Å². The minimum Gasteiger partial charge on any atom is -0.508 e. The van der Waals surface area contributed by atoms with E-state index in [9.17, 15) is 0 Å². The van der Waals surface area contributed by atoms with Crippen molar-refractivity contribution in [1.29, 1.82) is 0 Å². The normalized spacial score (nSPS) is 8.36. The summed E-state index contributed by atoms with van der Waals surface area (Å²) < 4.78 is 0.998. The highest BCUT2D eigenvalue weighted by atomic mass is 79.9. The molecule has 1 aromatic rings. The van der Waals surface area contributed by atoms with Gasteiger partial charge in [0.25, 0.3) is 0 Å². The van der Waals surface area contributed by atoms with Crippen LogP contribution in [0.2, 0.25) is 0 Å².